The lowest BCUT2D eigenvalue weighted by atomic mass is 10.0. The van der Waals surface area contributed by atoms with E-state index in [4.69, 9.17) is 4.74 Å². The van der Waals surface area contributed by atoms with Crippen molar-refractivity contribution >= 4 is 28.1 Å². The minimum absolute atomic E-state index is 0.0954. The van der Waals surface area contributed by atoms with Crippen LogP contribution in [0.5, 0.6) is 5.75 Å². The van der Waals surface area contributed by atoms with Gasteiger partial charge in [-0.3, -0.25) is 9.78 Å². The number of benzene rings is 2. The largest absolute Gasteiger partial charge is 0.488 e. The van der Waals surface area contributed by atoms with Crippen LogP contribution in [-0.4, -0.2) is 35.0 Å². The monoisotopic (exact) mass is 414 g/mol. The van der Waals surface area contributed by atoms with Crippen LogP contribution in [-0.2, 0) is 0 Å². The number of pyridine rings is 1. The number of likely N-dealkylation sites (tertiary alicyclic amines) is 1. The van der Waals surface area contributed by atoms with Crippen molar-refractivity contribution in [3.8, 4) is 16.2 Å². The summed E-state index contributed by atoms with van der Waals surface area (Å²) in [4.78, 5) is 20.5. The molecule has 0 unspecified atom stereocenters. The predicted octanol–water partition coefficient (Wildman–Crippen LogP) is 5.65. The lowest BCUT2D eigenvalue weighted by Gasteiger charge is -2.32. The zero-order chi connectivity index (χ0) is 20.3. The van der Waals surface area contributed by atoms with Gasteiger partial charge < -0.3 is 9.64 Å². The average molecular weight is 415 g/mol. The van der Waals surface area contributed by atoms with Gasteiger partial charge in [0.2, 0.25) is 0 Å². The molecule has 30 heavy (non-hydrogen) atoms. The Labute approximate surface area is 179 Å². The van der Waals surface area contributed by atoms with E-state index in [0.29, 0.717) is 13.1 Å². The Balaban J connectivity index is 1.22. The van der Waals surface area contributed by atoms with Crippen LogP contribution in [0, 0.1) is 0 Å². The maximum atomic E-state index is 12.9. The molecule has 5 rings (SSSR count). The van der Waals surface area contributed by atoms with Gasteiger partial charge in [0.05, 0.1) is 0 Å². The number of piperidine rings is 1. The fraction of sp³-hybridized carbons (Fsp3) is 0.200. The third-order valence-electron chi connectivity index (χ3n) is 5.56. The van der Waals surface area contributed by atoms with Crippen molar-refractivity contribution in [2.24, 2.45) is 0 Å². The van der Waals surface area contributed by atoms with Gasteiger partial charge >= 0.3 is 0 Å². The van der Waals surface area contributed by atoms with Crippen molar-refractivity contribution < 1.29 is 9.53 Å². The molecular formula is C25H22N2O2S. The lowest BCUT2D eigenvalue weighted by Crippen LogP contribution is -2.41. The molecule has 1 amide bonds. The molecule has 150 valence electrons. The Hall–Kier alpha value is -3.18. The zero-order valence-electron chi connectivity index (χ0n) is 16.5. The third-order valence-corrected chi connectivity index (χ3v) is 6.48. The first-order valence-corrected chi connectivity index (χ1v) is 11.1. The van der Waals surface area contributed by atoms with Crippen molar-refractivity contribution in [1.82, 2.24) is 9.88 Å². The van der Waals surface area contributed by atoms with Crippen LogP contribution >= 0.6 is 11.3 Å². The summed E-state index contributed by atoms with van der Waals surface area (Å²) in [6.45, 7) is 1.41. The van der Waals surface area contributed by atoms with Crippen LogP contribution < -0.4 is 4.74 Å². The van der Waals surface area contributed by atoms with Crippen LogP contribution in [0.15, 0.2) is 78.3 Å². The number of nitrogens with zero attached hydrogens (tertiary/aromatic N) is 2. The first kappa shape index (κ1) is 18.8. The molecular weight excluding hydrogens is 392 g/mol. The van der Waals surface area contributed by atoms with Gasteiger partial charge in [-0.1, -0.05) is 36.4 Å². The molecule has 0 spiro atoms. The molecule has 5 heteroatoms. The minimum atomic E-state index is 0.0954. The van der Waals surface area contributed by atoms with E-state index in [2.05, 4.69) is 16.4 Å². The number of rotatable bonds is 4. The summed E-state index contributed by atoms with van der Waals surface area (Å²) < 4.78 is 6.26. The first-order valence-electron chi connectivity index (χ1n) is 10.2. The van der Waals surface area contributed by atoms with Crippen molar-refractivity contribution in [3.63, 3.8) is 0 Å². The second-order valence-electron chi connectivity index (χ2n) is 7.50. The topological polar surface area (TPSA) is 42.4 Å². The summed E-state index contributed by atoms with van der Waals surface area (Å²) in [7, 11) is 0. The van der Waals surface area contributed by atoms with Gasteiger partial charge in [-0.05, 0) is 41.3 Å². The highest BCUT2D eigenvalue weighted by atomic mass is 32.1. The van der Waals surface area contributed by atoms with Crippen LogP contribution in [0.1, 0.15) is 23.2 Å². The summed E-state index contributed by atoms with van der Waals surface area (Å²) in [6, 6.07) is 22.1. The van der Waals surface area contributed by atoms with Gasteiger partial charge in [-0.25, -0.2) is 0 Å². The average Bonchev–Trinajstić information content (AvgIpc) is 3.35. The number of hydrogen-bond acceptors (Lipinski definition) is 4. The number of carbonyl (C=O) groups is 1. The summed E-state index contributed by atoms with van der Waals surface area (Å²) in [5, 5.41) is 3.14. The Morgan fingerprint density at radius 2 is 1.77 bits per heavy atom. The highest BCUT2D eigenvalue weighted by molar-refractivity contribution is 7.13. The number of fused-ring (bicyclic) bond motifs is 1. The first-order chi connectivity index (χ1) is 14.8. The van der Waals surface area contributed by atoms with E-state index >= 15 is 0 Å². The number of amides is 1. The Bertz CT molecular complexity index is 1140. The molecule has 2 aromatic heterocycles. The van der Waals surface area contributed by atoms with E-state index in [-0.39, 0.29) is 12.0 Å². The highest BCUT2D eigenvalue weighted by Crippen LogP contribution is 2.28. The maximum Gasteiger partial charge on any atom is 0.253 e. The van der Waals surface area contributed by atoms with Gasteiger partial charge in [-0.2, -0.15) is 0 Å². The molecule has 3 heterocycles. The number of carbonyl (C=O) groups excluding carboxylic acids is 1. The van der Waals surface area contributed by atoms with Gasteiger partial charge in [0.15, 0.2) is 0 Å². The second kappa shape index (κ2) is 8.28. The highest BCUT2D eigenvalue weighted by Gasteiger charge is 2.25. The van der Waals surface area contributed by atoms with Gasteiger partial charge in [0, 0.05) is 48.0 Å². The van der Waals surface area contributed by atoms with E-state index in [0.717, 1.165) is 40.6 Å². The quantitative estimate of drug-likeness (QED) is 0.434. The van der Waals surface area contributed by atoms with Crippen molar-refractivity contribution in [2.75, 3.05) is 13.1 Å². The Kier molecular flexibility index (Phi) is 5.20. The summed E-state index contributed by atoms with van der Waals surface area (Å²) in [5.41, 5.74) is 2.79. The molecule has 0 N–H and O–H groups in total. The van der Waals surface area contributed by atoms with Crippen LogP contribution in [0.3, 0.4) is 0 Å². The van der Waals surface area contributed by atoms with Gasteiger partial charge in [0.1, 0.15) is 17.4 Å². The molecule has 0 bridgehead atoms. The summed E-state index contributed by atoms with van der Waals surface area (Å²) >= 11 is 1.71. The molecule has 0 aliphatic carbocycles. The third kappa shape index (κ3) is 3.81. The molecule has 1 aliphatic rings. The fourth-order valence-corrected chi connectivity index (χ4v) is 4.66. The minimum Gasteiger partial charge on any atom is -0.488 e. The summed E-state index contributed by atoms with van der Waals surface area (Å²) in [5.74, 6) is 0.917. The number of ether oxygens (including phenoxy) is 1. The fourth-order valence-electron chi connectivity index (χ4n) is 3.93. The molecule has 0 radical (unpaired) electrons. The molecule has 0 saturated carbocycles. The number of thiophene rings is 1. The Morgan fingerprint density at radius 1 is 0.967 bits per heavy atom. The van der Waals surface area contributed by atoms with Gasteiger partial charge in [0.25, 0.3) is 5.91 Å². The van der Waals surface area contributed by atoms with E-state index < -0.39 is 0 Å². The van der Waals surface area contributed by atoms with Crippen LogP contribution in [0.2, 0.25) is 0 Å². The smallest absolute Gasteiger partial charge is 0.253 e. The van der Waals surface area contributed by atoms with E-state index in [1.54, 1.807) is 17.5 Å². The second-order valence-corrected chi connectivity index (χ2v) is 8.44. The van der Waals surface area contributed by atoms with Crippen molar-refractivity contribution in [3.05, 3.63) is 83.9 Å². The van der Waals surface area contributed by atoms with Crippen LogP contribution in [0.4, 0.5) is 0 Å². The molecule has 2 aromatic carbocycles. The zero-order valence-corrected chi connectivity index (χ0v) is 17.3. The normalized spacial score (nSPS) is 14.7. The molecule has 1 fully saturated rings. The SMILES string of the molecule is O=C(c1ccc(-c2cccs2)cc1)N1CCC(Oc2cccc3cccnc23)CC1. The Morgan fingerprint density at radius 3 is 2.53 bits per heavy atom. The molecule has 4 nitrogen and oxygen atoms in total. The van der Waals surface area contributed by atoms with E-state index in [1.807, 2.05) is 65.6 Å². The summed E-state index contributed by atoms with van der Waals surface area (Å²) in [6.07, 6.45) is 3.54. The number of hydrogen-bond donors (Lipinski definition) is 0. The van der Waals surface area contributed by atoms with Crippen LogP contribution in [0.25, 0.3) is 21.3 Å². The van der Waals surface area contributed by atoms with Gasteiger partial charge in [-0.15, -0.1) is 11.3 Å². The molecule has 0 atom stereocenters. The molecule has 1 aliphatic heterocycles. The van der Waals surface area contributed by atoms with Crippen molar-refractivity contribution in [1.29, 1.82) is 0 Å². The maximum absolute atomic E-state index is 12.9. The number of aromatic nitrogens is 1. The standard InChI is InChI=1S/C25H22N2O2S/c28-25(20-10-8-18(9-11-20)23-7-3-17-30-23)27-15-12-21(13-16-27)29-22-6-1-4-19-5-2-14-26-24(19)22/h1-11,14,17,21H,12-13,15-16H2. The van der Waals surface area contributed by atoms with Crippen molar-refractivity contribution in [2.45, 2.75) is 18.9 Å². The molecule has 4 aromatic rings. The number of para-hydroxylation sites is 1. The van der Waals surface area contributed by atoms with E-state index in [1.165, 1.54) is 4.88 Å². The van der Waals surface area contributed by atoms with E-state index in [9.17, 15) is 4.79 Å². The lowest BCUT2D eigenvalue weighted by molar-refractivity contribution is 0.0597. The predicted molar refractivity (Wildman–Crippen MR) is 121 cm³/mol. The molecule has 1 saturated heterocycles.